The average molecular weight is 251 g/mol. The maximum absolute atomic E-state index is 12.5. The second kappa shape index (κ2) is 4.06. The predicted octanol–water partition coefficient (Wildman–Crippen LogP) is 2.20. The summed E-state index contributed by atoms with van der Waals surface area (Å²) in [7, 11) is 0. The molecule has 0 amide bonds. The van der Waals surface area contributed by atoms with Crippen LogP contribution in [0, 0.1) is 0 Å². The van der Waals surface area contributed by atoms with E-state index in [9.17, 15) is 26.3 Å². The van der Waals surface area contributed by atoms with Gasteiger partial charge in [0.1, 0.15) is 0 Å². The van der Waals surface area contributed by atoms with Gasteiger partial charge >= 0.3 is 12.4 Å². The third-order valence-electron chi connectivity index (χ3n) is 2.57. The summed E-state index contributed by atoms with van der Waals surface area (Å²) in [4.78, 5) is 1.07. The molecule has 2 nitrogen and oxygen atoms in total. The van der Waals surface area contributed by atoms with E-state index < -0.39 is 31.1 Å². The lowest BCUT2D eigenvalue weighted by atomic mass is 10.00. The smallest absolute Gasteiger partial charge is 0.356 e. The summed E-state index contributed by atoms with van der Waals surface area (Å²) < 4.78 is 79.2. The van der Waals surface area contributed by atoms with E-state index in [1.807, 2.05) is 0 Å². The first-order valence-corrected chi connectivity index (χ1v) is 4.64. The Morgan fingerprint density at radius 3 is 2.00 bits per heavy atom. The van der Waals surface area contributed by atoms with Crippen molar-refractivity contribution >= 4 is 0 Å². The molecule has 0 unspecified atom stereocenters. The second-order valence-electron chi connectivity index (χ2n) is 3.54. The van der Waals surface area contributed by atoms with Crippen LogP contribution in [0.25, 0.3) is 0 Å². The van der Waals surface area contributed by atoms with Gasteiger partial charge in [0.25, 0.3) is 5.60 Å². The Morgan fingerprint density at radius 2 is 1.62 bits per heavy atom. The molecular weight excluding hydrogens is 240 g/mol. The standard InChI is InChI=1S/C8H11F6NO/c1-2-15-3-4-16-6(5-15,7(9,10)11)8(12,13)14/h2-5H2,1H3. The van der Waals surface area contributed by atoms with Gasteiger partial charge in [-0.15, -0.1) is 0 Å². The van der Waals surface area contributed by atoms with Crippen molar-refractivity contribution in [3.8, 4) is 0 Å². The molecule has 96 valence electrons. The quantitative estimate of drug-likeness (QED) is 0.662. The van der Waals surface area contributed by atoms with E-state index in [0.29, 0.717) is 0 Å². The molecule has 1 rings (SSSR count). The summed E-state index contributed by atoms with van der Waals surface area (Å²) in [6.07, 6.45) is -10.9. The third-order valence-corrected chi connectivity index (χ3v) is 2.57. The minimum Gasteiger partial charge on any atom is -0.356 e. The lowest BCUT2D eigenvalue weighted by Crippen LogP contribution is -2.67. The first-order chi connectivity index (χ1) is 7.14. The molecule has 0 aromatic heterocycles. The number of morpholine rings is 1. The Hall–Kier alpha value is -0.500. The minimum absolute atomic E-state index is 0.0738. The van der Waals surface area contributed by atoms with Gasteiger partial charge in [-0.05, 0) is 6.54 Å². The molecule has 0 N–H and O–H groups in total. The van der Waals surface area contributed by atoms with Crippen molar-refractivity contribution in [3.63, 3.8) is 0 Å². The molecule has 0 atom stereocenters. The molecule has 1 aliphatic rings. The van der Waals surface area contributed by atoms with Crippen LogP contribution in [0.3, 0.4) is 0 Å². The molecule has 16 heavy (non-hydrogen) atoms. The summed E-state index contributed by atoms with van der Waals surface area (Å²) >= 11 is 0. The van der Waals surface area contributed by atoms with Crippen LogP contribution in [0.1, 0.15) is 6.92 Å². The first kappa shape index (κ1) is 13.6. The number of hydrogen-bond acceptors (Lipinski definition) is 2. The second-order valence-corrected chi connectivity index (χ2v) is 3.54. The van der Waals surface area contributed by atoms with E-state index in [4.69, 9.17) is 0 Å². The maximum atomic E-state index is 12.5. The normalized spacial score (nSPS) is 23.4. The van der Waals surface area contributed by atoms with E-state index in [1.54, 1.807) is 0 Å². The number of alkyl halides is 6. The highest BCUT2D eigenvalue weighted by molar-refractivity contribution is 5.00. The Balaban J connectivity index is 3.06. The summed E-state index contributed by atoms with van der Waals surface area (Å²) in [5, 5.41) is 0. The largest absolute Gasteiger partial charge is 0.427 e. The molecule has 1 saturated heterocycles. The molecule has 1 heterocycles. The minimum atomic E-state index is -5.46. The van der Waals surface area contributed by atoms with Gasteiger partial charge in [0.05, 0.1) is 6.61 Å². The SMILES string of the molecule is CCN1CCOC(C(F)(F)F)(C(F)(F)F)C1. The van der Waals surface area contributed by atoms with Crippen molar-refractivity contribution < 1.29 is 31.1 Å². The maximum Gasteiger partial charge on any atom is 0.427 e. The lowest BCUT2D eigenvalue weighted by molar-refractivity contribution is -0.392. The van der Waals surface area contributed by atoms with Crippen LogP contribution >= 0.6 is 0 Å². The van der Waals surface area contributed by atoms with E-state index in [-0.39, 0.29) is 13.1 Å². The Kier molecular flexibility index (Phi) is 3.45. The molecule has 8 heteroatoms. The van der Waals surface area contributed by atoms with Gasteiger partial charge in [-0.2, -0.15) is 26.3 Å². The molecule has 0 aliphatic carbocycles. The zero-order valence-corrected chi connectivity index (χ0v) is 8.45. The first-order valence-electron chi connectivity index (χ1n) is 4.64. The highest BCUT2D eigenvalue weighted by Gasteiger charge is 2.73. The Bertz CT molecular complexity index is 234. The molecule has 0 radical (unpaired) electrons. The Labute approximate surface area is 88.2 Å². The number of halogens is 6. The highest BCUT2D eigenvalue weighted by Crippen LogP contribution is 2.47. The highest BCUT2D eigenvalue weighted by atomic mass is 19.4. The number of nitrogens with zero attached hydrogens (tertiary/aromatic N) is 1. The molecule has 0 saturated carbocycles. The average Bonchev–Trinajstić information content (AvgIpc) is 2.14. The van der Waals surface area contributed by atoms with Gasteiger partial charge in [0.15, 0.2) is 0 Å². The van der Waals surface area contributed by atoms with Crippen LogP contribution in [0.5, 0.6) is 0 Å². The summed E-state index contributed by atoms with van der Waals surface area (Å²) in [5.41, 5.74) is -4.05. The molecule has 0 spiro atoms. The van der Waals surface area contributed by atoms with Crippen LogP contribution in [-0.2, 0) is 4.74 Å². The van der Waals surface area contributed by atoms with Crippen molar-refractivity contribution in [2.24, 2.45) is 0 Å². The molecule has 1 fully saturated rings. The summed E-state index contributed by atoms with van der Waals surface area (Å²) in [6, 6.07) is 0. The summed E-state index contributed by atoms with van der Waals surface area (Å²) in [5.74, 6) is 0. The van der Waals surface area contributed by atoms with Crippen molar-refractivity contribution in [3.05, 3.63) is 0 Å². The fourth-order valence-electron chi connectivity index (χ4n) is 1.56. The van der Waals surface area contributed by atoms with Crippen LogP contribution in [0.4, 0.5) is 26.3 Å². The predicted molar refractivity (Wildman–Crippen MR) is 42.9 cm³/mol. The van der Waals surface area contributed by atoms with Crippen LogP contribution in [0.15, 0.2) is 0 Å². The number of hydrogen-bond donors (Lipinski definition) is 0. The van der Waals surface area contributed by atoms with Gasteiger partial charge < -0.3 is 4.74 Å². The number of likely N-dealkylation sites (N-methyl/N-ethyl adjacent to an activating group) is 1. The molecule has 0 aromatic carbocycles. The van der Waals surface area contributed by atoms with Crippen molar-refractivity contribution in [2.45, 2.75) is 24.9 Å². The van der Waals surface area contributed by atoms with E-state index in [0.717, 1.165) is 4.90 Å². The third kappa shape index (κ3) is 2.13. The van der Waals surface area contributed by atoms with Gasteiger partial charge in [-0.3, -0.25) is 4.90 Å². The van der Waals surface area contributed by atoms with E-state index in [1.165, 1.54) is 6.92 Å². The molecule has 0 bridgehead atoms. The number of rotatable bonds is 1. The number of ether oxygens (including phenoxy) is 1. The van der Waals surface area contributed by atoms with Gasteiger partial charge in [0, 0.05) is 13.1 Å². The van der Waals surface area contributed by atoms with Crippen LogP contribution in [0.2, 0.25) is 0 Å². The Morgan fingerprint density at radius 1 is 1.12 bits per heavy atom. The van der Waals surface area contributed by atoms with E-state index >= 15 is 0 Å². The van der Waals surface area contributed by atoms with Crippen molar-refractivity contribution in [1.29, 1.82) is 0 Å². The van der Waals surface area contributed by atoms with Crippen LogP contribution in [-0.4, -0.2) is 49.1 Å². The fourth-order valence-corrected chi connectivity index (χ4v) is 1.56. The van der Waals surface area contributed by atoms with Gasteiger partial charge in [-0.25, -0.2) is 0 Å². The van der Waals surface area contributed by atoms with Crippen molar-refractivity contribution in [2.75, 3.05) is 26.2 Å². The van der Waals surface area contributed by atoms with E-state index in [2.05, 4.69) is 4.74 Å². The van der Waals surface area contributed by atoms with Crippen LogP contribution < -0.4 is 0 Å². The zero-order chi connectivity index (χ0) is 12.6. The van der Waals surface area contributed by atoms with Crippen molar-refractivity contribution in [1.82, 2.24) is 4.90 Å². The molecule has 0 aromatic rings. The van der Waals surface area contributed by atoms with Gasteiger partial charge in [0.2, 0.25) is 0 Å². The zero-order valence-electron chi connectivity index (χ0n) is 8.45. The monoisotopic (exact) mass is 251 g/mol. The lowest BCUT2D eigenvalue weighted by Gasteiger charge is -2.43. The molecular formula is C8H11F6NO. The molecule has 1 aliphatic heterocycles. The van der Waals surface area contributed by atoms with Gasteiger partial charge in [-0.1, -0.05) is 6.92 Å². The topological polar surface area (TPSA) is 12.5 Å². The fraction of sp³-hybridized carbons (Fsp3) is 1.00. The summed E-state index contributed by atoms with van der Waals surface area (Å²) in [6.45, 7) is -0.0755.